The Balaban J connectivity index is 2.47. The molecule has 1 fully saturated rings. The van der Waals surface area contributed by atoms with Gasteiger partial charge in [-0.15, -0.1) is 0 Å². The first-order valence-corrected chi connectivity index (χ1v) is 7.99. The van der Waals surface area contributed by atoms with Crippen LogP contribution in [0.5, 0.6) is 5.88 Å². The van der Waals surface area contributed by atoms with Crippen molar-refractivity contribution in [3.05, 3.63) is 11.3 Å². The lowest BCUT2D eigenvalue weighted by molar-refractivity contribution is 0.0614. The van der Waals surface area contributed by atoms with Gasteiger partial charge in [0.2, 0.25) is 5.88 Å². The van der Waals surface area contributed by atoms with Crippen LogP contribution in [0.4, 0.5) is 0 Å². The summed E-state index contributed by atoms with van der Waals surface area (Å²) < 4.78 is 7.53. The second kappa shape index (κ2) is 6.79. The predicted molar refractivity (Wildman–Crippen MR) is 85.7 cm³/mol. The summed E-state index contributed by atoms with van der Waals surface area (Å²) in [4.78, 5) is 2.61. The second-order valence-corrected chi connectivity index (χ2v) is 6.37. The number of ether oxygens (including phenoxy) is 1. The zero-order valence-electron chi connectivity index (χ0n) is 14.3. The highest BCUT2D eigenvalue weighted by atomic mass is 16.5. The Morgan fingerprint density at radius 1 is 1.43 bits per heavy atom. The molecule has 0 aromatic carbocycles. The number of nitrogens with one attached hydrogen (secondary N) is 1. The minimum Gasteiger partial charge on any atom is -0.481 e. The largest absolute Gasteiger partial charge is 0.481 e. The molecule has 2 unspecified atom stereocenters. The van der Waals surface area contributed by atoms with E-state index in [1.165, 1.54) is 18.4 Å². The Morgan fingerprint density at radius 2 is 2.14 bits per heavy atom. The number of nitrogens with zero attached hydrogens (tertiary/aromatic N) is 3. The van der Waals surface area contributed by atoms with Crippen molar-refractivity contribution in [2.45, 2.75) is 45.7 Å². The van der Waals surface area contributed by atoms with E-state index >= 15 is 0 Å². The van der Waals surface area contributed by atoms with Crippen LogP contribution in [0.1, 0.15) is 44.0 Å². The van der Waals surface area contributed by atoms with Crippen LogP contribution in [0.3, 0.4) is 0 Å². The fourth-order valence-electron chi connectivity index (χ4n) is 3.80. The predicted octanol–water partition coefficient (Wildman–Crippen LogP) is 2.12. The number of aromatic nitrogens is 2. The van der Waals surface area contributed by atoms with E-state index in [9.17, 15) is 0 Å². The van der Waals surface area contributed by atoms with Crippen molar-refractivity contribution >= 4 is 0 Å². The number of likely N-dealkylation sites (tertiary alicyclic amines) is 1. The van der Waals surface area contributed by atoms with E-state index in [0.29, 0.717) is 18.0 Å². The number of hydrogen-bond acceptors (Lipinski definition) is 4. The third-order valence-corrected chi connectivity index (χ3v) is 4.63. The molecule has 1 saturated heterocycles. The lowest BCUT2D eigenvalue weighted by atomic mass is 9.83. The van der Waals surface area contributed by atoms with Gasteiger partial charge in [0.15, 0.2) is 0 Å². The zero-order chi connectivity index (χ0) is 15.6. The third kappa shape index (κ3) is 3.09. The van der Waals surface area contributed by atoms with Gasteiger partial charge >= 0.3 is 0 Å². The number of aryl methyl sites for hydroxylation is 2. The molecule has 21 heavy (non-hydrogen) atoms. The molecule has 5 heteroatoms. The van der Waals surface area contributed by atoms with E-state index in [4.69, 9.17) is 4.74 Å². The molecule has 1 aliphatic heterocycles. The molecule has 1 aromatic heterocycles. The van der Waals surface area contributed by atoms with Gasteiger partial charge in [-0.1, -0.05) is 0 Å². The summed E-state index contributed by atoms with van der Waals surface area (Å²) in [6.07, 6.45) is 2.52. The van der Waals surface area contributed by atoms with Crippen molar-refractivity contribution in [2.75, 3.05) is 27.2 Å². The molecular weight excluding hydrogens is 264 g/mol. The normalized spacial score (nSPS) is 23.8. The van der Waals surface area contributed by atoms with Crippen LogP contribution in [0.15, 0.2) is 0 Å². The highest BCUT2D eigenvalue weighted by Crippen LogP contribution is 2.42. The molecule has 2 rings (SSSR count). The topological polar surface area (TPSA) is 42.3 Å². The first kappa shape index (κ1) is 16.3. The molecule has 0 radical (unpaired) electrons. The molecular formula is C16H30N4O. The van der Waals surface area contributed by atoms with E-state index in [1.54, 1.807) is 7.11 Å². The Labute approximate surface area is 128 Å². The fraction of sp³-hybridized carbons (Fsp3) is 0.812. The Bertz CT molecular complexity index is 467. The van der Waals surface area contributed by atoms with Crippen LogP contribution < -0.4 is 10.1 Å². The SMILES string of the molecule is CNCC1CCCN(C(C)C)C1c1c(C)nn(C)c1OC. The standard InChI is InChI=1S/C16H30N4O/c1-11(2)20-9-7-8-13(10-17-4)15(20)14-12(3)18-19(5)16(14)21-6/h11,13,15,17H,7-10H2,1-6H3. The van der Waals surface area contributed by atoms with Crippen molar-refractivity contribution < 1.29 is 4.74 Å². The Hall–Kier alpha value is -1.07. The van der Waals surface area contributed by atoms with Crippen molar-refractivity contribution in [1.82, 2.24) is 20.0 Å². The number of rotatable bonds is 5. The fourth-order valence-corrected chi connectivity index (χ4v) is 3.80. The smallest absolute Gasteiger partial charge is 0.216 e. The molecule has 120 valence electrons. The minimum absolute atomic E-state index is 0.384. The molecule has 0 spiro atoms. The van der Waals surface area contributed by atoms with Gasteiger partial charge in [0.05, 0.1) is 18.4 Å². The third-order valence-electron chi connectivity index (χ3n) is 4.63. The van der Waals surface area contributed by atoms with Gasteiger partial charge in [0.25, 0.3) is 0 Å². The van der Waals surface area contributed by atoms with Gasteiger partial charge in [-0.2, -0.15) is 5.10 Å². The van der Waals surface area contributed by atoms with Crippen LogP contribution in [0.2, 0.25) is 0 Å². The van der Waals surface area contributed by atoms with Crippen LogP contribution in [-0.2, 0) is 7.05 Å². The van der Waals surface area contributed by atoms with Crippen molar-refractivity contribution in [3.63, 3.8) is 0 Å². The minimum atomic E-state index is 0.384. The number of hydrogen-bond donors (Lipinski definition) is 1. The average Bonchev–Trinajstić information content (AvgIpc) is 2.72. The molecule has 0 bridgehead atoms. The van der Waals surface area contributed by atoms with Crippen molar-refractivity contribution in [3.8, 4) is 5.88 Å². The lowest BCUT2D eigenvalue weighted by Gasteiger charge is -2.44. The molecule has 2 atom stereocenters. The van der Waals surface area contributed by atoms with Gasteiger partial charge in [0.1, 0.15) is 0 Å². The van der Waals surface area contributed by atoms with Crippen molar-refractivity contribution in [1.29, 1.82) is 0 Å². The molecule has 5 nitrogen and oxygen atoms in total. The summed E-state index contributed by atoms with van der Waals surface area (Å²) in [6, 6.07) is 0.911. The van der Waals surface area contributed by atoms with Crippen LogP contribution in [0.25, 0.3) is 0 Å². The monoisotopic (exact) mass is 294 g/mol. The summed E-state index contributed by atoms with van der Waals surface area (Å²) in [5.74, 6) is 1.51. The lowest BCUT2D eigenvalue weighted by Crippen LogP contribution is -2.45. The average molecular weight is 294 g/mol. The van der Waals surface area contributed by atoms with E-state index in [1.807, 2.05) is 18.8 Å². The highest BCUT2D eigenvalue weighted by molar-refractivity contribution is 5.35. The maximum absolute atomic E-state index is 5.66. The summed E-state index contributed by atoms with van der Waals surface area (Å²) in [6.45, 7) is 8.85. The second-order valence-electron chi connectivity index (χ2n) is 6.37. The number of piperidine rings is 1. The summed E-state index contributed by atoms with van der Waals surface area (Å²) in [7, 11) is 5.75. The van der Waals surface area contributed by atoms with Gasteiger partial charge in [-0.3, -0.25) is 4.90 Å². The van der Waals surface area contributed by atoms with Crippen molar-refractivity contribution in [2.24, 2.45) is 13.0 Å². The summed E-state index contributed by atoms with van der Waals surface area (Å²) in [5, 5.41) is 7.96. The van der Waals surface area contributed by atoms with Crippen LogP contribution in [-0.4, -0.2) is 48.0 Å². The van der Waals surface area contributed by atoms with Crippen LogP contribution >= 0.6 is 0 Å². The zero-order valence-corrected chi connectivity index (χ0v) is 14.3. The van der Waals surface area contributed by atoms with Gasteiger partial charge in [-0.25, -0.2) is 4.68 Å². The molecule has 0 aliphatic carbocycles. The van der Waals surface area contributed by atoms with E-state index in [-0.39, 0.29) is 0 Å². The molecule has 0 amide bonds. The molecule has 0 saturated carbocycles. The first-order chi connectivity index (χ1) is 10.0. The maximum Gasteiger partial charge on any atom is 0.216 e. The highest BCUT2D eigenvalue weighted by Gasteiger charge is 2.37. The first-order valence-electron chi connectivity index (χ1n) is 7.99. The van der Waals surface area contributed by atoms with Gasteiger partial charge < -0.3 is 10.1 Å². The summed E-state index contributed by atoms with van der Waals surface area (Å²) >= 11 is 0. The Kier molecular flexibility index (Phi) is 5.27. The molecule has 1 aromatic rings. The maximum atomic E-state index is 5.66. The van der Waals surface area contributed by atoms with E-state index in [2.05, 4.69) is 36.1 Å². The van der Waals surface area contributed by atoms with Gasteiger partial charge in [0, 0.05) is 19.1 Å². The van der Waals surface area contributed by atoms with E-state index < -0.39 is 0 Å². The Morgan fingerprint density at radius 3 is 2.71 bits per heavy atom. The molecule has 2 heterocycles. The number of methoxy groups -OCH3 is 1. The summed E-state index contributed by atoms with van der Waals surface area (Å²) in [5.41, 5.74) is 2.36. The molecule has 1 N–H and O–H groups in total. The van der Waals surface area contributed by atoms with Gasteiger partial charge in [-0.05, 0) is 59.7 Å². The molecule has 1 aliphatic rings. The quantitative estimate of drug-likeness (QED) is 0.903. The van der Waals surface area contributed by atoms with Crippen LogP contribution in [0, 0.1) is 12.8 Å². The van der Waals surface area contributed by atoms with E-state index in [0.717, 1.165) is 24.7 Å².